The Bertz CT molecular complexity index is 4990. The quantitative estimate of drug-likeness (QED) is 0.0261. The highest BCUT2D eigenvalue weighted by molar-refractivity contribution is 7.71. The fraction of sp³-hybridized carbons (Fsp3) is 0.383. The molecule has 0 atom stereocenters. The number of halogens is 3. The molecule has 33 heteroatoms. The molecule has 606 valence electrons. The summed E-state index contributed by atoms with van der Waals surface area (Å²) in [6, 6.07) is 41.1. The molecule has 0 radical (unpaired) electrons. The summed E-state index contributed by atoms with van der Waals surface area (Å²) in [4.78, 5) is 61.1. The molecule has 4 fully saturated rings. The number of carbonyl (C=O) groups is 2. The van der Waals surface area contributed by atoms with Gasteiger partial charge in [0.2, 0.25) is 29.7 Å². The van der Waals surface area contributed by atoms with E-state index in [1.54, 1.807) is 75.2 Å². The van der Waals surface area contributed by atoms with E-state index in [-0.39, 0.29) is 24.5 Å². The van der Waals surface area contributed by atoms with Gasteiger partial charge in [0, 0.05) is 149 Å². The molecule has 8 N–H and O–H groups in total. The minimum atomic E-state index is -2.52. The third-order valence-electron chi connectivity index (χ3n) is 20.3. The molecule has 4 saturated heterocycles. The Balaban J connectivity index is 0.000000169. The van der Waals surface area contributed by atoms with E-state index < -0.39 is 21.4 Å². The number of para-hydroxylation sites is 3. The molecular weight excluding hydrogens is 1570 g/mol. The molecule has 0 bridgehead atoms. The Hall–Kier alpha value is -9.42. The topological polar surface area (TPSA) is 311 Å². The summed E-state index contributed by atoms with van der Waals surface area (Å²) >= 11 is 19.2. The number of rotatable bonds is 24. The van der Waals surface area contributed by atoms with Crippen LogP contribution in [-0.4, -0.2) is 202 Å². The zero-order valence-electron chi connectivity index (χ0n) is 66.2. The second-order valence-electron chi connectivity index (χ2n) is 29.5. The molecule has 4 aliphatic rings. The highest BCUT2D eigenvalue weighted by Gasteiger charge is 2.30. The number of hydrogen-bond acceptors (Lipinski definition) is 25. The molecule has 6 aromatic carbocycles. The summed E-state index contributed by atoms with van der Waals surface area (Å²) in [6.07, 6.45) is 10.5. The number of nitrogens with zero attached hydrogens (tertiary/aromatic N) is 11. The lowest BCUT2D eigenvalue weighted by Crippen LogP contribution is -2.54. The number of aromatic nitrogens is 6. The molecule has 0 unspecified atom stereocenters. The molecule has 27 nitrogen and oxygen atoms in total. The van der Waals surface area contributed by atoms with Crippen LogP contribution in [0.25, 0.3) is 0 Å². The van der Waals surface area contributed by atoms with Crippen LogP contribution in [0.1, 0.15) is 52.4 Å². The Kier molecular flexibility index (Phi) is 29.1. The van der Waals surface area contributed by atoms with Crippen molar-refractivity contribution >= 4 is 170 Å². The number of hydrogen-bond donors (Lipinski definition) is 8. The zero-order chi connectivity index (χ0) is 81.4. The predicted molar refractivity (Wildman–Crippen MR) is 467 cm³/mol. The fourth-order valence-electron chi connectivity index (χ4n) is 14.2. The van der Waals surface area contributed by atoms with Crippen molar-refractivity contribution in [3.05, 3.63) is 161 Å². The van der Waals surface area contributed by atoms with Crippen molar-refractivity contribution in [1.29, 1.82) is 0 Å². The maximum absolute atomic E-state index is 12.8. The van der Waals surface area contributed by atoms with Crippen molar-refractivity contribution in [3.8, 4) is 17.2 Å². The third kappa shape index (κ3) is 22.8. The van der Waals surface area contributed by atoms with Crippen LogP contribution in [0.15, 0.2) is 146 Å². The van der Waals surface area contributed by atoms with Crippen LogP contribution < -0.4 is 82.0 Å². The van der Waals surface area contributed by atoms with E-state index >= 15 is 0 Å². The lowest BCUT2D eigenvalue weighted by molar-refractivity contribution is -0.131. The number of amides is 2. The van der Waals surface area contributed by atoms with Crippen molar-refractivity contribution < 1.29 is 42.6 Å². The van der Waals surface area contributed by atoms with Gasteiger partial charge in [0.15, 0.2) is 17.5 Å². The molecule has 2 amide bonds. The fourth-order valence-corrected chi connectivity index (χ4v) is 18.1. The van der Waals surface area contributed by atoms with E-state index in [9.17, 15) is 28.4 Å². The molecular formula is C81H102Cl3N18O9P3. The molecule has 7 heterocycles. The lowest BCUT2D eigenvalue weighted by Gasteiger charge is -2.43. The van der Waals surface area contributed by atoms with E-state index in [0.717, 1.165) is 148 Å². The number of ether oxygens (including phenoxy) is 3. The lowest BCUT2D eigenvalue weighted by atomic mass is 9.97. The highest BCUT2D eigenvalue weighted by Crippen LogP contribution is 2.44. The molecule has 0 spiro atoms. The SMILES string of the molecule is COc1cc(N2CCC(CO)CC2)ccc1Nc1ncc(Cl)c(Nc2ccccc2P(C)(C)=O)n1.COc1cc(N2CCC(N3CCN(C(C)=O)CC3)CC2)ccc1Nc1ncc(Cl)c(Nc2ccccc2P(C)(C)=O)n1.COc1cc(N2CCC(NC(C)=O)CC2)ccc1Nc1ncc(Cl)c(Nc2ccccc2P(C)(C)=O)n1. The average Bonchev–Trinajstić information content (AvgIpc) is 0.804. The van der Waals surface area contributed by atoms with Crippen LogP contribution in [-0.2, 0) is 23.3 Å². The predicted octanol–water partition coefficient (Wildman–Crippen LogP) is 15.1. The van der Waals surface area contributed by atoms with Gasteiger partial charge in [-0.2, -0.15) is 15.0 Å². The Morgan fingerprint density at radius 2 is 0.763 bits per heavy atom. The smallest absolute Gasteiger partial charge is 0.229 e. The van der Waals surface area contributed by atoms with Gasteiger partial charge in [-0.1, -0.05) is 71.2 Å². The minimum Gasteiger partial charge on any atom is -0.494 e. The second kappa shape index (κ2) is 38.8. The number of carbonyl (C=O) groups excluding carboxylic acids is 2. The van der Waals surface area contributed by atoms with Crippen LogP contribution in [0, 0.1) is 5.92 Å². The third-order valence-corrected chi connectivity index (χ3v) is 25.8. The van der Waals surface area contributed by atoms with Crippen LogP contribution in [0.5, 0.6) is 17.2 Å². The zero-order valence-corrected chi connectivity index (χ0v) is 71.2. The Labute approximate surface area is 682 Å². The van der Waals surface area contributed by atoms with Gasteiger partial charge in [-0.3, -0.25) is 14.5 Å². The largest absolute Gasteiger partial charge is 0.494 e. The minimum absolute atomic E-state index is 0.0123. The first-order valence-corrected chi connectivity index (χ1v) is 46.8. The van der Waals surface area contributed by atoms with E-state index in [0.29, 0.717) is 102 Å². The van der Waals surface area contributed by atoms with Gasteiger partial charge in [0.25, 0.3) is 0 Å². The molecule has 114 heavy (non-hydrogen) atoms. The normalized spacial score (nSPS) is 15.3. The van der Waals surface area contributed by atoms with Crippen molar-refractivity contribution in [2.75, 3.05) is 180 Å². The van der Waals surface area contributed by atoms with Crippen molar-refractivity contribution in [2.45, 2.75) is 64.5 Å². The summed E-state index contributed by atoms with van der Waals surface area (Å²) in [5, 5.41) is 35.0. The number of nitrogens with one attached hydrogen (secondary N) is 7. The summed E-state index contributed by atoms with van der Waals surface area (Å²) in [7, 11) is -2.64. The van der Waals surface area contributed by atoms with Crippen LogP contribution in [0.2, 0.25) is 15.1 Å². The van der Waals surface area contributed by atoms with Gasteiger partial charge < -0.3 is 89.8 Å². The number of anilines is 15. The molecule has 3 aromatic heterocycles. The molecule has 9 aromatic rings. The van der Waals surface area contributed by atoms with Gasteiger partial charge in [0.1, 0.15) is 53.7 Å². The van der Waals surface area contributed by atoms with E-state index in [1.165, 1.54) is 18.6 Å². The van der Waals surface area contributed by atoms with Crippen molar-refractivity contribution in [2.24, 2.45) is 5.92 Å². The molecule has 13 rings (SSSR count). The number of aliphatic hydroxyl groups excluding tert-OH is 1. The number of benzene rings is 6. The molecule has 0 saturated carbocycles. The van der Waals surface area contributed by atoms with Crippen molar-refractivity contribution in [1.82, 2.24) is 45.0 Å². The summed E-state index contributed by atoms with van der Waals surface area (Å²) in [5.41, 5.74) is 7.47. The summed E-state index contributed by atoms with van der Waals surface area (Å²) < 4.78 is 55.3. The first kappa shape index (κ1) is 85.5. The number of aliphatic hydroxyl groups is 1. The van der Waals surface area contributed by atoms with Crippen LogP contribution in [0.4, 0.5) is 86.5 Å². The van der Waals surface area contributed by atoms with Crippen LogP contribution >= 0.6 is 56.2 Å². The van der Waals surface area contributed by atoms with Gasteiger partial charge >= 0.3 is 0 Å². The monoisotopic (exact) mass is 1670 g/mol. The maximum Gasteiger partial charge on any atom is 0.229 e. The standard InChI is InChI=1S/C30H39ClN7O3P.C26H32ClN6O3P.C25H31ClN5O3P/c1-21(39)36-15-17-38(18-16-36)22-11-13-37(14-12-22)23-9-10-25(27(19-23)41-2)34-30-32-20-24(31)29(35-30)33-26-7-5-6-8-28(26)42(3,4)40;1-17(34)29-18-11-13-33(14-12-18)19-9-10-21(23(15-19)36-2)31-26-28-16-20(27)25(32-26)30-22-7-5-6-8-24(22)37(3,4)35;1-34-22-14-18(31-12-10-17(16-32)11-13-31)8-9-20(22)29-25-27-15-19(26)24(30-25)28-21-6-4-5-7-23(21)35(2,3)33/h5-10,19-20,22H,11-18H2,1-4H3,(H2,32,33,34,35);5-10,15-16,18H,11-14H2,1-4H3,(H,29,34)(H2,28,30,31,32);4-9,14-15,17,32H,10-13,16H2,1-3H3,(H2,27,28,29,30). The number of methoxy groups -OCH3 is 3. The van der Waals surface area contributed by atoms with Crippen molar-refractivity contribution in [3.63, 3.8) is 0 Å². The summed E-state index contributed by atoms with van der Waals surface area (Å²) in [6.45, 7) is 22.8. The van der Waals surface area contributed by atoms with E-state index in [1.807, 2.05) is 126 Å². The Morgan fingerprint density at radius 3 is 1.07 bits per heavy atom. The van der Waals surface area contributed by atoms with Gasteiger partial charge in [-0.15, -0.1) is 0 Å². The van der Waals surface area contributed by atoms with Gasteiger partial charge in [-0.05, 0) is 157 Å². The average molecular weight is 1670 g/mol. The van der Waals surface area contributed by atoms with Crippen LogP contribution in [0.3, 0.4) is 0 Å². The van der Waals surface area contributed by atoms with E-state index in [4.69, 9.17) is 49.0 Å². The first-order valence-electron chi connectivity index (χ1n) is 37.8. The molecule has 0 aliphatic carbocycles. The number of piperazine rings is 1. The summed E-state index contributed by atoms with van der Waals surface area (Å²) in [5.74, 6) is 4.83. The Morgan fingerprint density at radius 1 is 0.439 bits per heavy atom. The molecule has 4 aliphatic heterocycles. The van der Waals surface area contributed by atoms with Gasteiger partial charge in [-0.25, -0.2) is 15.0 Å². The maximum atomic E-state index is 12.8. The van der Waals surface area contributed by atoms with E-state index in [2.05, 4.69) is 92.8 Å². The van der Waals surface area contributed by atoms with Gasteiger partial charge in [0.05, 0.1) is 74.0 Å². The second-order valence-corrected chi connectivity index (χ2v) is 40.3. The number of piperidine rings is 3. The first-order chi connectivity index (χ1) is 54.5. The highest BCUT2D eigenvalue weighted by atomic mass is 35.5.